The second-order valence-electron chi connectivity index (χ2n) is 8.83. The SMILES string of the molecule is Cc1cc([C@@H](C)Oc2ccc(Cl)nc2C(N)=O)c2oc(-c3cnc(C4CC4)nc3)c(C)c(=O)c2c1. The van der Waals surface area contributed by atoms with Gasteiger partial charge in [0.1, 0.15) is 28.4 Å². The molecule has 0 unspecified atom stereocenters. The highest BCUT2D eigenvalue weighted by Crippen LogP contribution is 2.38. The normalized spacial score (nSPS) is 14.2. The Morgan fingerprint density at radius 2 is 1.91 bits per heavy atom. The highest BCUT2D eigenvalue weighted by molar-refractivity contribution is 6.29. The van der Waals surface area contributed by atoms with Gasteiger partial charge in [-0.05, 0) is 63.4 Å². The van der Waals surface area contributed by atoms with Crippen molar-refractivity contribution in [3.8, 4) is 17.1 Å². The van der Waals surface area contributed by atoms with Crippen molar-refractivity contribution in [3.63, 3.8) is 0 Å². The number of pyridine rings is 1. The highest BCUT2D eigenvalue weighted by atomic mass is 35.5. The molecule has 1 saturated carbocycles. The number of ether oxygens (including phenoxy) is 1. The van der Waals surface area contributed by atoms with Crippen molar-refractivity contribution in [3.05, 3.63) is 80.2 Å². The van der Waals surface area contributed by atoms with Crippen molar-refractivity contribution in [2.75, 3.05) is 0 Å². The molecule has 0 radical (unpaired) electrons. The molecule has 0 aliphatic heterocycles. The third kappa shape index (κ3) is 4.37. The summed E-state index contributed by atoms with van der Waals surface area (Å²) in [5, 5.41) is 0.567. The largest absolute Gasteiger partial charge is 0.483 e. The minimum atomic E-state index is -0.761. The van der Waals surface area contributed by atoms with Crippen LogP contribution in [-0.4, -0.2) is 20.9 Å². The summed E-state index contributed by atoms with van der Waals surface area (Å²) in [4.78, 5) is 38.1. The fourth-order valence-electron chi connectivity index (χ4n) is 4.10. The van der Waals surface area contributed by atoms with E-state index in [0.717, 1.165) is 24.2 Å². The number of fused-ring (bicyclic) bond motifs is 1. The van der Waals surface area contributed by atoms with Crippen LogP contribution in [0.15, 0.2) is 45.9 Å². The topological polar surface area (TPSA) is 121 Å². The van der Waals surface area contributed by atoms with Crippen molar-refractivity contribution >= 4 is 28.5 Å². The molecule has 3 heterocycles. The molecular formula is C26H23ClN4O4. The molecule has 1 aliphatic carbocycles. The molecule has 2 N–H and O–H groups in total. The molecule has 5 rings (SSSR count). The smallest absolute Gasteiger partial charge is 0.271 e. The lowest BCUT2D eigenvalue weighted by Gasteiger charge is -2.19. The Balaban J connectivity index is 1.61. The van der Waals surface area contributed by atoms with Crippen LogP contribution in [0.1, 0.15) is 64.8 Å². The molecule has 8 nitrogen and oxygen atoms in total. The number of carbonyl (C=O) groups is 1. The van der Waals surface area contributed by atoms with Crippen molar-refractivity contribution in [2.45, 2.75) is 45.6 Å². The third-order valence-corrected chi connectivity index (χ3v) is 6.28. The van der Waals surface area contributed by atoms with Crippen LogP contribution < -0.4 is 15.9 Å². The maximum atomic E-state index is 13.3. The Bertz CT molecular complexity index is 1530. The van der Waals surface area contributed by atoms with E-state index in [4.69, 9.17) is 26.5 Å². The van der Waals surface area contributed by atoms with E-state index in [0.29, 0.717) is 39.3 Å². The maximum Gasteiger partial charge on any atom is 0.271 e. The van der Waals surface area contributed by atoms with Crippen LogP contribution in [0, 0.1) is 13.8 Å². The summed E-state index contributed by atoms with van der Waals surface area (Å²) in [7, 11) is 0. The van der Waals surface area contributed by atoms with Gasteiger partial charge in [0.15, 0.2) is 16.9 Å². The number of primary amides is 1. The fourth-order valence-corrected chi connectivity index (χ4v) is 4.25. The molecule has 9 heteroatoms. The van der Waals surface area contributed by atoms with Gasteiger partial charge in [0.2, 0.25) is 0 Å². The van der Waals surface area contributed by atoms with Gasteiger partial charge in [-0.3, -0.25) is 9.59 Å². The van der Waals surface area contributed by atoms with Gasteiger partial charge in [-0.25, -0.2) is 15.0 Å². The van der Waals surface area contributed by atoms with Crippen molar-refractivity contribution in [1.82, 2.24) is 15.0 Å². The summed E-state index contributed by atoms with van der Waals surface area (Å²) in [5.41, 5.74) is 8.23. The number of carbonyl (C=O) groups excluding carboxylic acids is 1. The summed E-state index contributed by atoms with van der Waals surface area (Å²) in [6, 6.07) is 6.72. The molecule has 1 atom stereocenters. The van der Waals surface area contributed by atoms with E-state index in [1.807, 2.05) is 13.0 Å². The van der Waals surface area contributed by atoms with Crippen LogP contribution >= 0.6 is 11.6 Å². The number of hydrogen-bond donors (Lipinski definition) is 1. The van der Waals surface area contributed by atoms with Gasteiger partial charge in [-0.2, -0.15) is 0 Å². The number of nitrogens with zero attached hydrogens (tertiary/aromatic N) is 3. The zero-order valence-corrected chi connectivity index (χ0v) is 20.2. The molecule has 1 aliphatic rings. The van der Waals surface area contributed by atoms with Crippen LogP contribution in [-0.2, 0) is 0 Å². The van der Waals surface area contributed by atoms with E-state index in [-0.39, 0.29) is 22.0 Å². The van der Waals surface area contributed by atoms with Gasteiger partial charge in [0, 0.05) is 29.4 Å². The van der Waals surface area contributed by atoms with E-state index in [1.54, 1.807) is 32.3 Å². The summed E-state index contributed by atoms with van der Waals surface area (Å²) in [6.45, 7) is 5.41. The predicted octanol–water partition coefficient (Wildman–Crippen LogP) is 5.03. The third-order valence-electron chi connectivity index (χ3n) is 6.07. The Hall–Kier alpha value is -3.78. The second-order valence-corrected chi connectivity index (χ2v) is 9.21. The van der Waals surface area contributed by atoms with Crippen LogP contribution in [0.4, 0.5) is 0 Å². The Kier molecular flexibility index (Phi) is 5.76. The summed E-state index contributed by atoms with van der Waals surface area (Å²) in [6.07, 6.45) is 4.99. The zero-order valence-electron chi connectivity index (χ0n) is 19.5. The van der Waals surface area contributed by atoms with Crippen molar-refractivity contribution in [1.29, 1.82) is 0 Å². The van der Waals surface area contributed by atoms with Crippen LogP contribution in [0.25, 0.3) is 22.3 Å². The standard InChI is InChI=1S/C26H23ClN4O4/c1-12-8-17(14(3)34-19-6-7-20(27)31-21(19)25(28)33)24-18(9-12)22(32)13(2)23(35-24)16-10-29-26(30-11-16)15-4-5-15/h6-11,14-15H,4-5H2,1-3H3,(H2,28,33)/t14-/m1/s1. The first-order valence-corrected chi connectivity index (χ1v) is 11.6. The molecule has 1 fully saturated rings. The van der Waals surface area contributed by atoms with Gasteiger partial charge in [0.25, 0.3) is 5.91 Å². The molecule has 178 valence electrons. The average Bonchev–Trinajstić information content (AvgIpc) is 3.68. The Labute approximate surface area is 206 Å². The number of aromatic nitrogens is 3. The van der Waals surface area contributed by atoms with Crippen molar-refractivity contribution in [2.24, 2.45) is 5.73 Å². The summed E-state index contributed by atoms with van der Waals surface area (Å²) < 4.78 is 12.4. The molecule has 1 amide bonds. The van der Waals surface area contributed by atoms with E-state index in [9.17, 15) is 9.59 Å². The predicted molar refractivity (Wildman–Crippen MR) is 132 cm³/mol. The van der Waals surface area contributed by atoms with Gasteiger partial charge in [-0.1, -0.05) is 11.6 Å². The number of benzene rings is 1. The van der Waals surface area contributed by atoms with Gasteiger partial charge in [0.05, 0.1) is 10.9 Å². The number of hydrogen-bond acceptors (Lipinski definition) is 7. The molecule has 0 spiro atoms. The van der Waals surface area contributed by atoms with Crippen LogP contribution in [0.2, 0.25) is 5.15 Å². The lowest BCUT2D eigenvalue weighted by Crippen LogP contribution is -2.17. The monoisotopic (exact) mass is 490 g/mol. The number of aryl methyl sites for hydroxylation is 1. The van der Waals surface area contributed by atoms with E-state index < -0.39 is 12.0 Å². The average molecular weight is 491 g/mol. The van der Waals surface area contributed by atoms with Crippen LogP contribution in [0.3, 0.4) is 0 Å². The second kappa shape index (κ2) is 8.78. The zero-order chi connectivity index (χ0) is 24.9. The van der Waals surface area contributed by atoms with Crippen LogP contribution in [0.5, 0.6) is 5.75 Å². The number of nitrogens with two attached hydrogens (primary N) is 1. The Morgan fingerprint density at radius 1 is 1.20 bits per heavy atom. The van der Waals surface area contributed by atoms with Gasteiger partial charge >= 0.3 is 0 Å². The number of halogens is 1. The molecule has 0 saturated heterocycles. The quantitative estimate of drug-likeness (QED) is 0.376. The molecule has 0 bridgehead atoms. The first-order chi connectivity index (χ1) is 16.7. The number of amides is 1. The van der Waals surface area contributed by atoms with Gasteiger partial charge in [-0.15, -0.1) is 0 Å². The minimum absolute atomic E-state index is 0.0767. The van der Waals surface area contributed by atoms with Crippen molar-refractivity contribution < 1.29 is 13.9 Å². The van der Waals surface area contributed by atoms with E-state index in [2.05, 4.69) is 15.0 Å². The molecular weight excluding hydrogens is 468 g/mol. The Morgan fingerprint density at radius 3 is 2.57 bits per heavy atom. The minimum Gasteiger partial charge on any atom is -0.483 e. The lowest BCUT2D eigenvalue weighted by atomic mass is 10.0. The highest BCUT2D eigenvalue weighted by Gasteiger charge is 2.27. The summed E-state index contributed by atoms with van der Waals surface area (Å²) in [5.74, 6) is 1.07. The molecule has 4 aromatic rings. The summed E-state index contributed by atoms with van der Waals surface area (Å²) >= 11 is 5.92. The molecule has 3 aromatic heterocycles. The molecule has 35 heavy (non-hydrogen) atoms. The fraction of sp³-hybridized carbons (Fsp3) is 0.269. The lowest BCUT2D eigenvalue weighted by molar-refractivity contribution is 0.0988. The maximum absolute atomic E-state index is 13.3. The van der Waals surface area contributed by atoms with E-state index >= 15 is 0 Å². The number of rotatable bonds is 6. The molecule has 1 aromatic carbocycles. The van der Waals surface area contributed by atoms with E-state index in [1.165, 1.54) is 12.1 Å². The first kappa shape index (κ1) is 23.0. The first-order valence-electron chi connectivity index (χ1n) is 11.3. The van der Waals surface area contributed by atoms with Gasteiger partial charge < -0.3 is 14.9 Å².